The maximum Gasteiger partial charge on any atom is 0.334 e. The summed E-state index contributed by atoms with van der Waals surface area (Å²) in [4.78, 5) is 39.6. The summed E-state index contributed by atoms with van der Waals surface area (Å²) in [7, 11) is 0. The zero-order valence-electron chi connectivity index (χ0n) is 23.1. The number of ether oxygens (including phenoxy) is 2. The summed E-state index contributed by atoms with van der Waals surface area (Å²) in [5, 5.41) is 24.0. The highest BCUT2D eigenvalue weighted by Crippen LogP contribution is 2.72. The Hall–Kier alpha value is -2.51. The van der Waals surface area contributed by atoms with Gasteiger partial charge in [0.1, 0.15) is 6.10 Å². The molecule has 2 N–H and O–H groups in total. The fraction of sp³-hybridized carbons (Fsp3) is 0.633. The highest BCUT2D eigenvalue weighted by molar-refractivity contribution is 5.96. The molecule has 4 aliphatic carbocycles. The van der Waals surface area contributed by atoms with E-state index in [0.29, 0.717) is 28.7 Å². The molecule has 0 saturated heterocycles. The number of carbonyl (C=O) groups excluding carboxylic acids is 3. The second-order valence-corrected chi connectivity index (χ2v) is 11.9. The zero-order valence-corrected chi connectivity index (χ0v) is 23.1. The molecule has 7 heteroatoms. The number of aliphatic hydroxyl groups is 2. The molecule has 7 nitrogen and oxygen atoms in total. The van der Waals surface area contributed by atoms with Crippen LogP contribution >= 0.6 is 0 Å². The molecule has 2 saturated carbocycles. The lowest BCUT2D eigenvalue weighted by molar-refractivity contribution is -0.201. The van der Waals surface area contributed by atoms with E-state index in [9.17, 15) is 24.6 Å². The lowest BCUT2D eigenvalue weighted by Crippen LogP contribution is -2.65. The first kappa shape index (κ1) is 27.5. The molecule has 0 radical (unpaired) electrons. The van der Waals surface area contributed by atoms with Crippen molar-refractivity contribution < 1.29 is 34.1 Å². The highest BCUT2D eigenvalue weighted by Gasteiger charge is 2.77. The molecule has 0 aromatic heterocycles. The summed E-state index contributed by atoms with van der Waals surface area (Å²) in [6.45, 7) is 14.5. The number of aliphatic hydroxyl groups excluding tert-OH is 1. The van der Waals surface area contributed by atoms with Crippen molar-refractivity contribution in [2.24, 2.45) is 34.5 Å². The molecule has 1 spiro atoms. The zero-order chi connectivity index (χ0) is 27.7. The van der Waals surface area contributed by atoms with Crippen molar-refractivity contribution in [3.63, 3.8) is 0 Å². The Morgan fingerprint density at radius 3 is 2.30 bits per heavy atom. The van der Waals surface area contributed by atoms with Crippen LogP contribution in [0.5, 0.6) is 0 Å². The molecule has 202 valence electrons. The van der Waals surface area contributed by atoms with Crippen molar-refractivity contribution in [3.8, 4) is 0 Å². The minimum atomic E-state index is -2.03. The molecule has 0 aromatic carbocycles. The van der Waals surface area contributed by atoms with Gasteiger partial charge >= 0.3 is 11.9 Å². The molecule has 0 amide bonds. The number of esters is 2. The third kappa shape index (κ3) is 3.64. The van der Waals surface area contributed by atoms with E-state index < -0.39 is 40.5 Å². The van der Waals surface area contributed by atoms with E-state index in [4.69, 9.17) is 9.47 Å². The standard InChI is InChI=1S/C30H40O7/c1-9-15(3)26(33)36-14-28(8)21-12-19(7)29-13-18(6)25(37-27(34)16(4)10-2)30(29,35)23(31)17(5)11-20(22(21)28)24(29)32/h9-11,13,19-23,25,31,35H,12,14H2,1-8H3/b15-9-,16-10-/t19-,20-,21-,22+,23-,25+,28-,29+,30+/m1/s1. The van der Waals surface area contributed by atoms with Gasteiger partial charge in [0, 0.05) is 22.5 Å². The predicted octanol–water partition coefficient (Wildman–Crippen LogP) is 3.85. The van der Waals surface area contributed by atoms with Gasteiger partial charge in [0.15, 0.2) is 17.5 Å². The molecule has 4 aliphatic rings. The first-order chi connectivity index (χ1) is 17.2. The fourth-order valence-corrected chi connectivity index (χ4v) is 7.37. The molecule has 0 heterocycles. The molecule has 9 atom stereocenters. The largest absolute Gasteiger partial charge is 0.462 e. The summed E-state index contributed by atoms with van der Waals surface area (Å²) in [5.74, 6) is -2.05. The van der Waals surface area contributed by atoms with E-state index in [2.05, 4.69) is 6.92 Å². The predicted molar refractivity (Wildman–Crippen MR) is 138 cm³/mol. The Morgan fingerprint density at radius 1 is 1.11 bits per heavy atom. The van der Waals surface area contributed by atoms with Gasteiger partial charge in [0.2, 0.25) is 0 Å². The number of rotatable bonds is 5. The van der Waals surface area contributed by atoms with Gasteiger partial charge in [0.05, 0.1) is 12.0 Å². The monoisotopic (exact) mass is 512 g/mol. The van der Waals surface area contributed by atoms with Gasteiger partial charge in [-0.15, -0.1) is 0 Å². The minimum absolute atomic E-state index is 0.0920. The number of hydrogen-bond acceptors (Lipinski definition) is 7. The molecular weight excluding hydrogens is 472 g/mol. The van der Waals surface area contributed by atoms with Gasteiger partial charge in [-0.05, 0) is 76.9 Å². The van der Waals surface area contributed by atoms with E-state index in [-0.39, 0.29) is 36.1 Å². The van der Waals surface area contributed by atoms with Crippen molar-refractivity contribution in [1.29, 1.82) is 0 Å². The third-order valence-electron chi connectivity index (χ3n) is 9.89. The quantitative estimate of drug-likeness (QED) is 0.327. The van der Waals surface area contributed by atoms with E-state index >= 15 is 0 Å². The van der Waals surface area contributed by atoms with E-state index in [1.807, 2.05) is 6.92 Å². The molecule has 0 aliphatic heterocycles. The maximum atomic E-state index is 14.5. The van der Waals surface area contributed by atoms with Gasteiger partial charge in [-0.2, -0.15) is 0 Å². The average molecular weight is 513 g/mol. The van der Waals surface area contributed by atoms with E-state index in [1.165, 1.54) is 0 Å². The van der Waals surface area contributed by atoms with Crippen LogP contribution in [-0.2, 0) is 23.9 Å². The summed E-state index contributed by atoms with van der Waals surface area (Å²) < 4.78 is 11.4. The lowest BCUT2D eigenvalue weighted by Gasteiger charge is -2.48. The molecule has 37 heavy (non-hydrogen) atoms. The summed E-state index contributed by atoms with van der Waals surface area (Å²) in [6, 6.07) is 0. The smallest absolute Gasteiger partial charge is 0.334 e. The Kier molecular flexibility index (Phi) is 6.73. The van der Waals surface area contributed by atoms with Crippen LogP contribution in [0.25, 0.3) is 0 Å². The number of hydrogen-bond donors (Lipinski definition) is 2. The Labute approximate surface area is 219 Å². The number of fused-ring (bicyclic) bond motifs is 3. The summed E-state index contributed by atoms with van der Waals surface area (Å²) >= 11 is 0. The maximum absolute atomic E-state index is 14.5. The number of Topliss-reactive ketones (excluding diaryl/α,β-unsaturated/α-hetero) is 1. The molecule has 4 rings (SSSR count). The molecule has 2 bridgehead atoms. The van der Waals surface area contributed by atoms with Crippen LogP contribution in [0.1, 0.15) is 61.8 Å². The van der Waals surface area contributed by atoms with Crippen LogP contribution in [-0.4, -0.2) is 52.4 Å². The first-order valence-electron chi connectivity index (χ1n) is 13.2. The first-order valence-corrected chi connectivity index (χ1v) is 13.2. The van der Waals surface area contributed by atoms with Crippen LogP contribution in [0.2, 0.25) is 0 Å². The van der Waals surface area contributed by atoms with E-state index in [1.54, 1.807) is 65.8 Å². The van der Waals surface area contributed by atoms with Gasteiger partial charge < -0.3 is 19.7 Å². The van der Waals surface area contributed by atoms with Crippen LogP contribution in [0.3, 0.4) is 0 Å². The Balaban J connectivity index is 1.75. The second-order valence-electron chi connectivity index (χ2n) is 11.9. The summed E-state index contributed by atoms with van der Waals surface area (Å²) in [6.07, 6.45) is 4.90. The minimum Gasteiger partial charge on any atom is -0.462 e. The van der Waals surface area contributed by atoms with E-state index in [0.717, 1.165) is 0 Å². The van der Waals surface area contributed by atoms with Gasteiger partial charge in [-0.3, -0.25) is 4.79 Å². The van der Waals surface area contributed by atoms with Crippen molar-refractivity contribution in [3.05, 3.63) is 46.6 Å². The Bertz CT molecular complexity index is 1160. The van der Waals surface area contributed by atoms with Gasteiger partial charge in [-0.1, -0.05) is 38.2 Å². The fourth-order valence-electron chi connectivity index (χ4n) is 7.37. The molecule has 0 aromatic rings. The van der Waals surface area contributed by atoms with Crippen molar-refractivity contribution in [1.82, 2.24) is 0 Å². The summed E-state index contributed by atoms with van der Waals surface area (Å²) in [5.41, 5.74) is -1.90. The normalized spacial score (nSPS) is 43.0. The van der Waals surface area contributed by atoms with Crippen LogP contribution in [0, 0.1) is 34.5 Å². The van der Waals surface area contributed by atoms with Gasteiger partial charge in [0.25, 0.3) is 0 Å². The second kappa shape index (κ2) is 9.05. The van der Waals surface area contributed by atoms with Crippen LogP contribution < -0.4 is 0 Å². The topological polar surface area (TPSA) is 110 Å². The molecule has 0 unspecified atom stereocenters. The SMILES string of the molecule is C/C=C(/C)C(=O)OC[C@@]1(C)[C@@H]2[C@H]1C[C@@H](C)[C@]13C=C(C)[C@H](OC(=O)/C(C)=C\C)[C@@]1(O)[C@H](O)C(C)=C[C@H]2C3=O. The lowest BCUT2D eigenvalue weighted by atomic mass is 9.59. The van der Waals surface area contributed by atoms with Gasteiger partial charge in [-0.25, -0.2) is 9.59 Å². The highest BCUT2D eigenvalue weighted by atomic mass is 16.6. The van der Waals surface area contributed by atoms with Crippen molar-refractivity contribution in [2.45, 2.75) is 79.6 Å². The average Bonchev–Trinajstić information content (AvgIpc) is 3.40. The Morgan fingerprint density at radius 2 is 1.70 bits per heavy atom. The number of ketones is 1. The van der Waals surface area contributed by atoms with Crippen molar-refractivity contribution >= 4 is 17.7 Å². The van der Waals surface area contributed by atoms with Crippen LogP contribution in [0.4, 0.5) is 0 Å². The molecule has 2 fully saturated rings. The molecular formula is C30H40O7. The van der Waals surface area contributed by atoms with Crippen LogP contribution in [0.15, 0.2) is 46.6 Å². The number of allylic oxidation sites excluding steroid dienone is 3. The third-order valence-corrected chi connectivity index (χ3v) is 9.89. The number of carbonyl (C=O) groups is 3. The van der Waals surface area contributed by atoms with Crippen molar-refractivity contribution in [2.75, 3.05) is 6.61 Å².